The predicted octanol–water partition coefficient (Wildman–Crippen LogP) is 5.20. The van der Waals surface area contributed by atoms with E-state index in [1.165, 1.54) is 0 Å². The van der Waals surface area contributed by atoms with Gasteiger partial charge in [0.2, 0.25) is 5.82 Å². The summed E-state index contributed by atoms with van der Waals surface area (Å²) in [6.45, 7) is 0. The van der Waals surface area contributed by atoms with Crippen LogP contribution >= 0.6 is 11.6 Å². The van der Waals surface area contributed by atoms with E-state index in [2.05, 4.69) is 0 Å². The SMILES string of the molecule is O=[N+]([O-])c1cc(Oc2ccc(C(F)(F)F)cc2Cl)ccc1F. The lowest BCUT2D eigenvalue weighted by Crippen LogP contribution is -2.04. The molecule has 0 amide bonds. The summed E-state index contributed by atoms with van der Waals surface area (Å²) in [4.78, 5) is 9.66. The Hall–Kier alpha value is -2.35. The first-order chi connectivity index (χ1) is 10.2. The molecule has 0 aromatic heterocycles. The second-order valence-electron chi connectivity index (χ2n) is 4.12. The van der Waals surface area contributed by atoms with Gasteiger partial charge in [-0.05, 0) is 30.3 Å². The summed E-state index contributed by atoms with van der Waals surface area (Å²) in [6, 6.07) is 5.10. The van der Waals surface area contributed by atoms with E-state index in [1.807, 2.05) is 0 Å². The van der Waals surface area contributed by atoms with Gasteiger partial charge in [-0.2, -0.15) is 17.6 Å². The Morgan fingerprint density at radius 1 is 1.14 bits per heavy atom. The van der Waals surface area contributed by atoms with Crippen molar-refractivity contribution in [2.75, 3.05) is 0 Å². The summed E-state index contributed by atoms with van der Waals surface area (Å²) in [7, 11) is 0. The smallest absolute Gasteiger partial charge is 0.416 e. The molecule has 0 saturated carbocycles. The first kappa shape index (κ1) is 16.0. The van der Waals surface area contributed by atoms with Gasteiger partial charge in [-0.1, -0.05) is 11.6 Å². The van der Waals surface area contributed by atoms with Crippen LogP contribution in [0, 0.1) is 15.9 Å². The van der Waals surface area contributed by atoms with E-state index in [1.54, 1.807) is 0 Å². The van der Waals surface area contributed by atoms with E-state index >= 15 is 0 Å². The van der Waals surface area contributed by atoms with Crippen molar-refractivity contribution in [2.24, 2.45) is 0 Å². The summed E-state index contributed by atoms with van der Waals surface area (Å²) in [5.74, 6) is -1.33. The molecule has 0 aliphatic rings. The van der Waals surface area contributed by atoms with E-state index in [-0.39, 0.29) is 16.5 Å². The molecule has 22 heavy (non-hydrogen) atoms. The summed E-state index contributed by atoms with van der Waals surface area (Å²) < 4.78 is 55.8. The molecule has 2 aromatic rings. The molecule has 0 bridgehead atoms. The fraction of sp³-hybridized carbons (Fsp3) is 0.0769. The van der Waals surface area contributed by atoms with Crippen molar-refractivity contribution in [3.05, 3.63) is 62.9 Å². The Balaban J connectivity index is 2.32. The number of rotatable bonds is 3. The molecule has 0 fully saturated rings. The molecule has 4 nitrogen and oxygen atoms in total. The van der Waals surface area contributed by atoms with Gasteiger partial charge in [-0.15, -0.1) is 0 Å². The van der Waals surface area contributed by atoms with Gasteiger partial charge in [0.05, 0.1) is 21.6 Å². The maximum atomic E-state index is 13.2. The first-order valence-corrected chi connectivity index (χ1v) is 6.05. The van der Waals surface area contributed by atoms with Gasteiger partial charge < -0.3 is 4.74 Å². The lowest BCUT2D eigenvalue weighted by atomic mass is 10.2. The molecule has 0 aliphatic heterocycles. The molecule has 0 aliphatic carbocycles. The third-order valence-corrected chi connectivity index (χ3v) is 2.90. The van der Waals surface area contributed by atoms with Gasteiger partial charge in [-0.25, -0.2) is 0 Å². The quantitative estimate of drug-likeness (QED) is 0.440. The van der Waals surface area contributed by atoms with Crippen LogP contribution in [0.3, 0.4) is 0 Å². The van der Waals surface area contributed by atoms with Crippen molar-refractivity contribution in [1.82, 2.24) is 0 Å². The van der Waals surface area contributed by atoms with Crippen LogP contribution in [-0.2, 0) is 6.18 Å². The highest BCUT2D eigenvalue weighted by Crippen LogP contribution is 2.37. The molecule has 0 unspecified atom stereocenters. The summed E-state index contributed by atoms with van der Waals surface area (Å²) in [5.41, 5.74) is -1.78. The molecule has 0 atom stereocenters. The Labute approximate surface area is 126 Å². The van der Waals surface area contributed by atoms with Crippen LogP contribution in [0.4, 0.5) is 23.2 Å². The minimum atomic E-state index is -4.56. The monoisotopic (exact) mass is 335 g/mol. The first-order valence-electron chi connectivity index (χ1n) is 5.67. The van der Waals surface area contributed by atoms with Gasteiger partial charge in [0, 0.05) is 0 Å². The number of hydrogen-bond acceptors (Lipinski definition) is 3. The Morgan fingerprint density at radius 2 is 1.82 bits per heavy atom. The van der Waals surface area contributed by atoms with E-state index in [9.17, 15) is 27.7 Å². The van der Waals surface area contributed by atoms with Crippen molar-refractivity contribution in [1.29, 1.82) is 0 Å². The van der Waals surface area contributed by atoms with Crippen molar-refractivity contribution in [3.63, 3.8) is 0 Å². The molecule has 116 valence electrons. The molecule has 2 rings (SSSR count). The zero-order valence-electron chi connectivity index (χ0n) is 10.5. The van der Waals surface area contributed by atoms with Crippen LogP contribution in [0.5, 0.6) is 11.5 Å². The minimum absolute atomic E-state index is 0.130. The maximum absolute atomic E-state index is 13.2. The van der Waals surface area contributed by atoms with Crippen LogP contribution in [0.2, 0.25) is 5.02 Å². The summed E-state index contributed by atoms with van der Waals surface area (Å²) in [6.07, 6.45) is -4.56. The minimum Gasteiger partial charge on any atom is -0.456 e. The number of ether oxygens (including phenoxy) is 1. The fourth-order valence-electron chi connectivity index (χ4n) is 1.58. The number of halogens is 5. The third kappa shape index (κ3) is 3.45. The number of hydrogen-bond donors (Lipinski definition) is 0. The number of nitro benzene ring substituents is 1. The van der Waals surface area contributed by atoms with Gasteiger partial charge >= 0.3 is 11.9 Å². The third-order valence-electron chi connectivity index (χ3n) is 2.60. The van der Waals surface area contributed by atoms with E-state index in [0.717, 1.165) is 30.3 Å². The number of nitro groups is 1. The molecule has 0 saturated heterocycles. The van der Waals surface area contributed by atoms with Crippen LogP contribution < -0.4 is 4.74 Å². The Morgan fingerprint density at radius 3 is 2.36 bits per heavy atom. The van der Waals surface area contributed by atoms with Crippen LogP contribution in [-0.4, -0.2) is 4.92 Å². The fourth-order valence-corrected chi connectivity index (χ4v) is 1.80. The van der Waals surface area contributed by atoms with Crippen LogP contribution in [0.15, 0.2) is 36.4 Å². The van der Waals surface area contributed by atoms with Gasteiger partial charge in [-0.3, -0.25) is 10.1 Å². The maximum Gasteiger partial charge on any atom is 0.416 e. The summed E-state index contributed by atoms with van der Waals surface area (Å²) in [5, 5.41) is 10.3. The molecule has 2 aromatic carbocycles. The number of alkyl halides is 3. The second-order valence-corrected chi connectivity index (χ2v) is 4.52. The Bertz CT molecular complexity index is 734. The number of nitrogens with zero attached hydrogens (tertiary/aromatic N) is 1. The molecule has 0 spiro atoms. The number of benzene rings is 2. The second kappa shape index (κ2) is 5.80. The van der Waals surface area contributed by atoms with Crippen molar-refractivity contribution >= 4 is 17.3 Å². The molecular formula is C13H6ClF4NO3. The van der Waals surface area contributed by atoms with Crippen molar-refractivity contribution in [3.8, 4) is 11.5 Å². The van der Waals surface area contributed by atoms with Gasteiger partial charge in [0.25, 0.3) is 0 Å². The predicted molar refractivity (Wildman–Crippen MR) is 69.6 cm³/mol. The van der Waals surface area contributed by atoms with E-state index in [0.29, 0.717) is 6.07 Å². The highest BCUT2D eigenvalue weighted by molar-refractivity contribution is 6.32. The molecule has 0 radical (unpaired) electrons. The zero-order valence-corrected chi connectivity index (χ0v) is 11.3. The average molecular weight is 336 g/mol. The van der Waals surface area contributed by atoms with E-state index in [4.69, 9.17) is 16.3 Å². The molecule has 0 heterocycles. The highest BCUT2D eigenvalue weighted by Gasteiger charge is 2.31. The van der Waals surface area contributed by atoms with Gasteiger partial charge in [0.1, 0.15) is 11.5 Å². The topological polar surface area (TPSA) is 52.4 Å². The highest BCUT2D eigenvalue weighted by atomic mass is 35.5. The van der Waals surface area contributed by atoms with E-state index < -0.39 is 28.2 Å². The molecule has 9 heteroatoms. The normalized spacial score (nSPS) is 11.3. The Kier molecular flexibility index (Phi) is 4.23. The van der Waals surface area contributed by atoms with Crippen LogP contribution in [0.1, 0.15) is 5.56 Å². The largest absolute Gasteiger partial charge is 0.456 e. The summed E-state index contributed by atoms with van der Waals surface area (Å²) >= 11 is 5.69. The lowest BCUT2D eigenvalue weighted by Gasteiger charge is -2.11. The molecule has 0 N–H and O–H groups in total. The standard InChI is InChI=1S/C13H6ClF4NO3/c14-9-5-7(13(16,17)18)1-4-12(9)22-8-2-3-10(15)11(6-8)19(20)21/h1-6H. The zero-order chi connectivity index (χ0) is 16.5. The lowest BCUT2D eigenvalue weighted by molar-refractivity contribution is -0.387. The molecular weight excluding hydrogens is 330 g/mol. The van der Waals surface area contributed by atoms with Crippen molar-refractivity contribution in [2.45, 2.75) is 6.18 Å². The van der Waals surface area contributed by atoms with Crippen molar-refractivity contribution < 1.29 is 27.2 Å². The van der Waals surface area contributed by atoms with Gasteiger partial charge in [0.15, 0.2) is 0 Å². The average Bonchev–Trinajstić information content (AvgIpc) is 2.41. The van der Waals surface area contributed by atoms with Crippen LogP contribution in [0.25, 0.3) is 0 Å².